The highest BCUT2D eigenvalue weighted by Crippen LogP contribution is 2.46. The van der Waals surface area contributed by atoms with Crippen LogP contribution in [0, 0.1) is 0 Å². The van der Waals surface area contributed by atoms with Crippen LogP contribution in [0.2, 0.25) is 0 Å². The van der Waals surface area contributed by atoms with Gasteiger partial charge in [-0.3, -0.25) is 0 Å². The number of nitrogens with zero attached hydrogens (tertiary/aromatic N) is 2. The molecule has 1 aromatic heterocycles. The number of carboxylic acid groups (broad SMARTS) is 1. The summed E-state index contributed by atoms with van der Waals surface area (Å²) in [5.74, 6) is -1.66. The maximum absolute atomic E-state index is 13.4. The summed E-state index contributed by atoms with van der Waals surface area (Å²) in [5, 5.41) is 17.5. The lowest BCUT2D eigenvalue weighted by molar-refractivity contribution is -0.255. The molecule has 1 aliphatic rings. The van der Waals surface area contributed by atoms with Gasteiger partial charge in [0.15, 0.2) is 6.04 Å². The predicted molar refractivity (Wildman–Crippen MR) is 76.8 cm³/mol. The Labute approximate surface area is 137 Å². The second-order valence-electron chi connectivity index (χ2n) is 5.14. The highest BCUT2D eigenvalue weighted by atomic mass is 79.9. The fraction of sp³-hybridized carbons (Fsp3) is 0.286. The van der Waals surface area contributed by atoms with Gasteiger partial charge < -0.3 is 15.2 Å². The first-order valence-corrected chi connectivity index (χ1v) is 7.46. The summed E-state index contributed by atoms with van der Waals surface area (Å²) >= 11 is 3.00. The number of hydrogen-bond acceptors (Lipinski definition) is 4. The number of halogens is 4. The molecule has 122 valence electrons. The Morgan fingerprint density at radius 1 is 1.35 bits per heavy atom. The third-order valence-corrected chi connectivity index (χ3v) is 4.44. The number of benzene rings is 1. The molecule has 2 atom stereocenters. The summed E-state index contributed by atoms with van der Waals surface area (Å²) in [5.41, 5.74) is 0.117. The Hall–Kier alpha value is -2.03. The standard InChI is InChI=1S/C14H11BrF3N3O2/c15-10-11(13(22)23)20-21-9(14(16,17)18)6-8(19-12(10)21)7-4-2-1-3-5-7/h1-5,8-9,19H,6H2,(H,22,23)/p-1/t8-,9+/m1/s1. The Morgan fingerprint density at radius 3 is 2.57 bits per heavy atom. The molecule has 0 aliphatic carbocycles. The van der Waals surface area contributed by atoms with Gasteiger partial charge in [-0.25, -0.2) is 4.68 Å². The molecule has 3 rings (SSSR count). The summed E-state index contributed by atoms with van der Waals surface area (Å²) in [6.07, 6.45) is -4.85. The number of alkyl halides is 3. The van der Waals surface area contributed by atoms with Gasteiger partial charge in [-0.2, -0.15) is 18.3 Å². The molecule has 1 aromatic carbocycles. The minimum atomic E-state index is -4.56. The molecule has 0 radical (unpaired) electrons. The van der Waals surface area contributed by atoms with Crippen LogP contribution in [0.4, 0.5) is 19.0 Å². The number of anilines is 1. The molecule has 0 saturated heterocycles. The lowest BCUT2D eigenvalue weighted by Crippen LogP contribution is -2.36. The van der Waals surface area contributed by atoms with Gasteiger partial charge in [-0.1, -0.05) is 30.3 Å². The van der Waals surface area contributed by atoms with Crippen LogP contribution in [0.1, 0.15) is 34.6 Å². The maximum atomic E-state index is 13.4. The van der Waals surface area contributed by atoms with E-state index in [2.05, 4.69) is 26.3 Å². The van der Waals surface area contributed by atoms with E-state index in [9.17, 15) is 23.1 Å². The normalized spacial score (nSPS) is 20.7. The Morgan fingerprint density at radius 2 is 2.00 bits per heavy atom. The molecule has 0 fully saturated rings. The molecule has 0 bridgehead atoms. The van der Waals surface area contributed by atoms with Gasteiger partial charge in [0.25, 0.3) is 0 Å². The number of fused-ring (bicyclic) bond motifs is 1. The average Bonchev–Trinajstić information content (AvgIpc) is 2.84. The summed E-state index contributed by atoms with van der Waals surface area (Å²) in [6.45, 7) is 0. The largest absolute Gasteiger partial charge is 0.543 e. The monoisotopic (exact) mass is 388 g/mol. The molecule has 23 heavy (non-hydrogen) atoms. The van der Waals surface area contributed by atoms with Crippen molar-refractivity contribution in [3.05, 3.63) is 46.1 Å². The number of hydrogen-bond donors (Lipinski definition) is 1. The number of carbonyl (C=O) groups excluding carboxylic acids is 1. The molecule has 0 amide bonds. The van der Waals surface area contributed by atoms with E-state index in [1.165, 1.54) is 0 Å². The second-order valence-corrected chi connectivity index (χ2v) is 5.94. The lowest BCUT2D eigenvalue weighted by Gasteiger charge is -2.33. The number of aromatic nitrogens is 2. The van der Waals surface area contributed by atoms with Gasteiger partial charge >= 0.3 is 6.18 Å². The van der Waals surface area contributed by atoms with Crippen molar-refractivity contribution >= 4 is 27.7 Å². The molecule has 2 heterocycles. The van der Waals surface area contributed by atoms with E-state index in [1.807, 2.05) is 0 Å². The zero-order valence-electron chi connectivity index (χ0n) is 11.5. The second kappa shape index (κ2) is 5.55. The van der Waals surface area contributed by atoms with Gasteiger partial charge in [0.1, 0.15) is 11.5 Å². The SMILES string of the molecule is O=C([O-])c1nn2c(c1Br)N[C@@H](c1ccccc1)C[C@H]2C(F)(F)F. The lowest BCUT2D eigenvalue weighted by atomic mass is 9.97. The van der Waals surface area contributed by atoms with E-state index in [0.29, 0.717) is 10.2 Å². The van der Waals surface area contributed by atoms with Crippen LogP contribution >= 0.6 is 15.9 Å². The van der Waals surface area contributed by atoms with Crippen molar-refractivity contribution in [3.8, 4) is 0 Å². The van der Waals surface area contributed by atoms with E-state index in [4.69, 9.17) is 0 Å². The molecule has 1 N–H and O–H groups in total. The summed E-state index contributed by atoms with van der Waals surface area (Å²) in [7, 11) is 0. The van der Waals surface area contributed by atoms with Crippen LogP contribution in [0.5, 0.6) is 0 Å². The molecule has 0 unspecified atom stereocenters. The molecule has 1 aliphatic heterocycles. The third-order valence-electron chi connectivity index (χ3n) is 3.69. The fourth-order valence-corrected chi connectivity index (χ4v) is 3.16. The van der Waals surface area contributed by atoms with Crippen LogP contribution in [-0.2, 0) is 0 Å². The topological polar surface area (TPSA) is 70.0 Å². The van der Waals surface area contributed by atoms with Crippen molar-refractivity contribution in [3.63, 3.8) is 0 Å². The Bertz CT molecular complexity index is 746. The first-order chi connectivity index (χ1) is 10.8. The number of rotatable bonds is 2. The third kappa shape index (κ3) is 2.80. The highest BCUT2D eigenvalue weighted by Gasteiger charge is 2.47. The first kappa shape index (κ1) is 15.9. The molecular weight excluding hydrogens is 379 g/mol. The summed E-state index contributed by atoms with van der Waals surface area (Å²) in [6, 6.07) is 6.11. The van der Waals surface area contributed by atoms with Crippen LogP contribution in [0.3, 0.4) is 0 Å². The Kier molecular flexibility index (Phi) is 3.83. The van der Waals surface area contributed by atoms with E-state index in [-0.39, 0.29) is 16.7 Å². The average molecular weight is 389 g/mol. The minimum absolute atomic E-state index is 0.0216. The highest BCUT2D eigenvalue weighted by molar-refractivity contribution is 9.10. The van der Waals surface area contributed by atoms with Crippen molar-refractivity contribution in [2.24, 2.45) is 0 Å². The number of carboxylic acids is 1. The van der Waals surface area contributed by atoms with E-state index in [0.717, 1.165) is 0 Å². The van der Waals surface area contributed by atoms with Gasteiger partial charge in [0.2, 0.25) is 0 Å². The van der Waals surface area contributed by atoms with Gasteiger partial charge in [0, 0.05) is 6.42 Å². The van der Waals surface area contributed by atoms with Gasteiger partial charge in [-0.15, -0.1) is 0 Å². The fourth-order valence-electron chi connectivity index (χ4n) is 2.62. The van der Waals surface area contributed by atoms with Crippen LogP contribution < -0.4 is 10.4 Å². The van der Waals surface area contributed by atoms with Crippen molar-refractivity contribution in [2.75, 3.05) is 5.32 Å². The predicted octanol–water partition coefficient (Wildman–Crippen LogP) is 2.67. The smallest absolute Gasteiger partial charge is 0.410 e. The molecule has 0 spiro atoms. The quantitative estimate of drug-likeness (QED) is 0.858. The van der Waals surface area contributed by atoms with Crippen LogP contribution in [0.15, 0.2) is 34.8 Å². The van der Waals surface area contributed by atoms with E-state index < -0.39 is 29.9 Å². The van der Waals surface area contributed by atoms with Crippen molar-refractivity contribution in [1.82, 2.24) is 9.78 Å². The van der Waals surface area contributed by atoms with Crippen molar-refractivity contribution in [1.29, 1.82) is 0 Å². The van der Waals surface area contributed by atoms with Crippen LogP contribution in [-0.4, -0.2) is 21.9 Å². The van der Waals surface area contributed by atoms with Crippen LogP contribution in [0.25, 0.3) is 0 Å². The minimum Gasteiger partial charge on any atom is -0.543 e. The zero-order valence-corrected chi connectivity index (χ0v) is 13.1. The maximum Gasteiger partial charge on any atom is 0.410 e. The summed E-state index contributed by atoms with van der Waals surface area (Å²) < 4.78 is 40.8. The van der Waals surface area contributed by atoms with Gasteiger partial charge in [0.05, 0.1) is 16.5 Å². The number of carbonyl (C=O) groups is 1. The van der Waals surface area contributed by atoms with E-state index >= 15 is 0 Å². The number of aromatic carboxylic acids is 1. The molecule has 5 nitrogen and oxygen atoms in total. The Balaban J connectivity index is 2.10. The molecule has 9 heteroatoms. The molecular formula is C14H10BrF3N3O2-. The molecule has 0 saturated carbocycles. The van der Waals surface area contributed by atoms with Crippen molar-refractivity contribution in [2.45, 2.75) is 24.7 Å². The van der Waals surface area contributed by atoms with Crippen molar-refractivity contribution < 1.29 is 23.1 Å². The molecule has 2 aromatic rings. The zero-order chi connectivity index (χ0) is 16.8. The summed E-state index contributed by atoms with van der Waals surface area (Å²) in [4.78, 5) is 11.0. The number of nitrogens with one attached hydrogen (secondary N) is 1. The van der Waals surface area contributed by atoms with E-state index in [1.54, 1.807) is 30.3 Å². The van der Waals surface area contributed by atoms with Gasteiger partial charge in [-0.05, 0) is 21.5 Å². The first-order valence-electron chi connectivity index (χ1n) is 6.66.